The molecule has 23 heavy (non-hydrogen) atoms. The molecule has 3 rings (SSSR count). The first-order valence-electron chi connectivity index (χ1n) is 7.79. The lowest BCUT2D eigenvalue weighted by Crippen LogP contribution is -2.40. The van der Waals surface area contributed by atoms with Gasteiger partial charge in [0.25, 0.3) is 5.91 Å². The van der Waals surface area contributed by atoms with Crippen LogP contribution in [0.1, 0.15) is 28.2 Å². The molecular formula is C17H20FN3OS. The average Bonchev–Trinajstić information content (AvgIpc) is 3.15. The highest BCUT2D eigenvalue weighted by Crippen LogP contribution is 2.30. The standard InChI is InChI=1S/C17H20FN3OS/c1-11-15(17(22)21-9-3-4-14(21)10-19-2)23-16(20-11)12-5-7-13(18)8-6-12/h5-8,14,19H,3-4,9-10H2,1-2H3. The summed E-state index contributed by atoms with van der Waals surface area (Å²) >= 11 is 1.39. The Balaban J connectivity index is 1.85. The quantitative estimate of drug-likeness (QED) is 0.935. The van der Waals surface area contributed by atoms with Crippen LogP contribution in [0.2, 0.25) is 0 Å². The summed E-state index contributed by atoms with van der Waals surface area (Å²) in [6.45, 7) is 3.47. The number of hydrogen-bond acceptors (Lipinski definition) is 4. The molecule has 1 amide bonds. The number of aryl methyl sites for hydroxylation is 1. The van der Waals surface area contributed by atoms with Gasteiger partial charge in [-0.1, -0.05) is 0 Å². The van der Waals surface area contributed by atoms with Gasteiger partial charge in [0, 0.05) is 24.7 Å². The summed E-state index contributed by atoms with van der Waals surface area (Å²) in [4.78, 5) is 20.0. The van der Waals surface area contributed by atoms with Crippen LogP contribution in [0.4, 0.5) is 4.39 Å². The lowest BCUT2D eigenvalue weighted by atomic mass is 10.2. The molecule has 122 valence electrons. The van der Waals surface area contributed by atoms with Crippen molar-refractivity contribution < 1.29 is 9.18 Å². The molecule has 1 aliphatic heterocycles. The number of rotatable bonds is 4. The molecule has 0 aliphatic carbocycles. The van der Waals surface area contributed by atoms with E-state index in [-0.39, 0.29) is 17.8 Å². The van der Waals surface area contributed by atoms with Crippen molar-refractivity contribution >= 4 is 17.2 Å². The largest absolute Gasteiger partial charge is 0.334 e. The van der Waals surface area contributed by atoms with E-state index in [1.807, 2.05) is 18.9 Å². The highest BCUT2D eigenvalue weighted by molar-refractivity contribution is 7.17. The molecule has 1 N–H and O–H groups in total. The number of carbonyl (C=O) groups excluding carboxylic acids is 1. The molecule has 0 radical (unpaired) electrons. The molecular weight excluding hydrogens is 313 g/mol. The predicted molar refractivity (Wildman–Crippen MR) is 90.2 cm³/mol. The van der Waals surface area contributed by atoms with Gasteiger partial charge in [-0.2, -0.15) is 0 Å². The predicted octanol–water partition coefficient (Wildman–Crippen LogP) is 3.08. The molecule has 0 bridgehead atoms. The summed E-state index contributed by atoms with van der Waals surface area (Å²) in [5.74, 6) is -0.212. The third-order valence-corrected chi connectivity index (χ3v) is 5.35. The maximum atomic E-state index is 13.1. The normalized spacial score (nSPS) is 17.7. The molecule has 0 saturated carbocycles. The van der Waals surface area contributed by atoms with Crippen molar-refractivity contribution in [2.75, 3.05) is 20.1 Å². The second-order valence-corrected chi connectivity index (χ2v) is 6.79. The van der Waals surface area contributed by atoms with Crippen molar-refractivity contribution in [1.82, 2.24) is 15.2 Å². The Labute approximate surface area is 139 Å². The number of aromatic nitrogens is 1. The molecule has 1 aromatic heterocycles. The van der Waals surface area contributed by atoms with Crippen LogP contribution in [-0.4, -0.2) is 42.0 Å². The topological polar surface area (TPSA) is 45.2 Å². The van der Waals surface area contributed by atoms with Gasteiger partial charge < -0.3 is 10.2 Å². The van der Waals surface area contributed by atoms with E-state index in [0.29, 0.717) is 4.88 Å². The van der Waals surface area contributed by atoms with Crippen molar-refractivity contribution in [2.24, 2.45) is 0 Å². The van der Waals surface area contributed by atoms with Crippen molar-refractivity contribution in [3.63, 3.8) is 0 Å². The number of nitrogens with zero attached hydrogens (tertiary/aromatic N) is 2. The van der Waals surface area contributed by atoms with Crippen LogP contribution in [0.15, 0.2) is 24.3 Å². The zero-order chi connectivity index (χ0) is 16.4. The molecule has 0 spiro atoms. The SMILES string of the molecule is CNCC1CCCN1C(=O)c1sc(-c2ccc(F)cc2)nc1C. The summed E-state index contributed by atoms with van der Waals surface area (Å²) in [7, 11) is 1.91. The Morgan fingerprint density at radius 1 is 1.43 bits per heavy atom. The number of amides is 1. The van der Waals surface area contributed by atoms with Gasteiger partial charge in [0.05, 0.1) is 5.69 Å². The van der Waals surface area contributed by atoms with E-state index < -0.39 is 0 Å². The van der Waals surface area contributed by atoms with Crippen molar-refractivity contribution in [2.45, 2.75) is 25.8 Å². The Kier molecular flexibility index (Phi) is 4.73. The molecule has 2 aromatic rings. The van der Waals surface area contributed by atoms with Gasteiger partial charge in [-0.05, 0) is 51.1 Å². The van der Waals surface area contributed by atoms with Crippen LogP contribution in [-0.2, 0) is 0 Å². The minimum atomic E-state index is -0.273. The summed E-state index contributed by atoms with van der Waals surface area (Å²) in [5, 5.41) is 3.91. The van der Waals surface area contributed by atoms with Gasteiger partial charge in [0.1, 0.15) is 15.7 Å². The number of nitrogens with one attached hydrogen (secondary N) is 1. The Bertz CT molecular complexity index is 698. The monoisotopic (exact) mass is 333 g/mol. The van der Waals surface area contributed by atoms with Gasteiger partial charge in [-0.25, -0.2) is 9.37 Å². The fourth-order valence-corrected chi connectivity index (χ4v) is 4.02. The van der Waals surface area contributed by atoms with E-state index >= 15 is 0 Å². The molecule has 1 unspecified atom stereocenters. The van der Waals surface area contributed by atoms with Gasteiger partial charge in [-0.3, -0.25) is 4.79 Å². The molecule has 4 nitrogen and oxygen atoms in total. The molecule has 1 aliphatic rings. The van der Waals surface area contributed by atoms with Gasteiger partial charge in [-0.15, -0.1) is 11.3 Å². The molecule has 1 fully saturated rings. The fraction of sp³-hybridized carbons (Fsp3) is 0.412. The van der Waals surface area contributed by atoms with E-state index in [1.165, 1.54) is 23.5 Å². The van der Waals surface area contributed by atoms with Crippen molar-refractivity contribution in [1.29, 1.82) is 0 Å². The van der Waals surface area contributed by atoms with E-state index in [0.717, 1.165) is 42.2 Å². The Hall–Kier alpha value is -1.79. The number of likely N-dealkylation sites (tertiary alicyclic amines) is 1. The van der Waals surface area contributed by atoms with Crippen LogP contribution in [0.3, 0.4) is 0 Å². The van der Waals surface area contributed by atoms with Crippen LogP contribution in [0.25, 0.3) is 10.6 Å². The third kappa shape index (κ3) is 3.28. The molecule has 6 heteroatoms. The zero-order valence-corrected chi connectivity index (χ0v) is 14.1. The number of thiazole rings is 1. The minimum absolute atomic E-state index is 0.0612. The summed E-state index contributed by atoms with van der Waals surface area (Å²) < 4.78 is 13.1. The van der Waals surface area contributed by atoms with Crippen molar-refractivity contribution in [3.8, 4) is 10.6 Å². The Morgan fingerprint density at radius 3 is 2.87 bits per heavy atom. The molecule has 1 atom stereocenters. The number of carbonyl (C=O) groups is 1. The lowest BCUT2D eigenvalue weighted by Gasteiger charge is -2.24. The highest BCUT2D eigenvalue weighted by Gasteiger charge is 2.31. The van der Waals surface area contributed by atoms with Crippen LogP contribution >= 0.6 is 11.3 Å². The number of hydrogen-bond donors (Lipinski definition) is 1. The smallest absolute Gasteiger partial charge is 0.266 e. The molecule has 1 aromatic carbocycles. The summed E-state index contributed by atoms with van der Waals surface area (Å²) in [6.07, 6.45) is 2.08. The van der Waals surface area contributed by atoms with Crippen molar-refractivity contribution in [3.05, 3.63) is 40.7 Å². The van der Waals surface area contributed by atoms with Crippen LogP contribution in [0, 0.1) is 12.7 Å². The third-order valence-electron chi connectivity index (χ3n) is 4.16. The van der Waals surface area contributed by atoms with E-state index in [1.54, 1.807) is 12.1 Å². The molecule has 2 heterocycles. The second kappa shape index (κ2) is 6.76. The minimum Gasteiger partial charge on any atom is -0.334 e. The second-order valence-electron chi connectivity index (χ2n) is 5.79. The van der Waals surface area contributed by atoms with Crippen LogP contribution < -0.4 is 5.32 Å². The van der Waals surface area contributed by atoms with E-state index in [2.05, 4.69) is 10.3 Å². The number of halogens is 1. The van der Waals surface area contributed by atoms with Gasteiger partial charge in [0.15, 0.2) is 0 Å². The molecule has 1 saturated heterocycles. The lowest BCUT2D eigenvalue weighted by molar-refractivity contribution is 0.0741. The maximum absolute atomic E-state index is 13.1. The van der Waals surface area contributed by atoms with E-state index in [4.69, 9.17) is 0 Å². The number of benzene rings is 1. The zero-order valence-electron chi connectivity index (χ0n) is 13.3. The van der Waals surface area contributed by atoms with E-state index in [9.17, 15) is 9.18 Å². The summed E-state index contributed by atoms with van der Waals surface area (Å²) in [6, 6.07) is 6.47. The first-order chi connectivity index (χ1) is 11.1. The number of likely N-dealkylation sites (N-methyl/N-ethyl adjacent to an activating group) is 1. The summed E-state index contributed by atoms with van der Waals surface area (Å²) in [5.41, 5.74) is 1.58. The average molecular weight is 333 g/mol. The van der Waals surface area contributed by atoms with Crippen LogP contribution in [0.5, 0.6) is 0 Å². The fourth-order valence-electron chi connectivity index (χ4n) is 2.99. The first-order valence-corrected chi connectivity index (χ1v) is 8.60. The Morgan fingerprint density at radius 2 is 2.17 bits per heavy atom. The maximum Gasteiger partial charge on any atom is 0.266 e. The highest BCUT2D eigenvalue weighted by atomic mass is 32.1. The van der Waals surface area contributed by atoms with Gasteiger partial charge in [0.2, 0.25) is 0 Å². The van der Waals surface area contributed by atoms with Gasteiger partial charge >= 0.3 is 0 Å². The first kappa shape index (κ1) is 16.1.